The molecule has 0 radical (unpaired) electrons. The van der Waals surface area contributed by atoms with Crippen molar-refractivity contribution in [2.75, 3.05) is 7.11 Å². The first kappa shape index (κ1) is 22.2. The number of methoxy groups -OCH3 is 1. The van der Waals surface area contributed by atoms with Gasteiger partial charge in [0.1, 0.15) is 23.6 Å². The van der Waals surface area contributed by atoms with Crippen LogP contribution in [0.15, 0.2) is 65.3 Å². The molecule has 0 amide bonds. The van der Waals surface area contributed by atoms with E-state index in [1.807, 2.05) is 42.6 Å². The quantitative estimate of drug-likeness (QED) is 0.312. The number of fused-ring (bicyclic) bond motifs is 1. The lowest BCUT2D eigenvalue weighted by atomic mass is 10.2. The van der Waals surface area contributed by atoms with E-state index in [-0.39, 0.29) is 12.4 Å². The number of benzene rings is 2. The molecular weight excluding hydrogens is 464 g/mol. The number of nitrogens with zero attached hydrogens (tertiary/aromatic N) is 2. The Morgan fingerprint density at radius 1 is 0.967 bits per heavy atom. The Balaban J connectivity index is 0.00000256. The number of aromatic nitrogens is 2. The second-order valence-corrected chi connectivity index (χ2v) is 7.95. The van der Waals surface area contributed by atoms with Gasteiger partial charge in [0.25, 0.3) is 0 Å². The Labute approximate surface area is 191 Å². The van der Waals surface area contributed by atoms with Crippen molar-refractivity contribution < 1.29 is 9.47 Å². The molecule has 4 aromatic rings. The normalized spacial score (nSPS) is 10.7. The Morgan fingerprint density at radius 3 is 2.43 bits per heavy atom. The highest BCUT2D eigenvalue weighted by Crippen LogP contribution is 2.33. The summed E-state index contributed by atoms with van der Waals surface area (Å²) in [4.78, 5) is 4.64. The molecular formula is C24H24BrClN2O2. The van der Waals surface area contributed by atoms with E-state index in [0.717, 1.165) is 38.1 Å². The predicted molar refractivity (Wildman–Crippen MR) is 127 cm³/mol. The van der Waals surface area contributed by atoms with Crippen LogP contribution in [0.2, 0.25) is 0 Å². The molecule has 0 fully saturated rings. The van der Waals surface area contributed by atoms with Gasteiger partial charge in [-0.25, -0.2) is 0 Å². The van der Waals surface area contributed by atoms with Gasteiger partial charge in [0, 0.05) is 28.0 Å². The van der Waals surface area contributed by atoms with Gasteiger partial charge < -0.3 is 14.0 Å². The Bertz CT molecular complexity index is 1160. The molecule has 0 spiro atoms. The third-order valence-electron chi connectivity index (χ3n) is 5.29. The fraction of sp³-hybridized carbons (Fsp3) is 0.208. The maximum Gasteiger partial charge on any atom is 0.147 e. The van der Waals surface area contributed by atoms with Crippen molar-refractivity contribution in [3.05, 3.63) is 87.7 Å². The highest BCUT2D eigenvalue weighted by molar-refractivity contribution is 9.10. The van der Waals surface area contributed by atoms with Crippen molar-refractivity contribution in [1.29, 1.82) is 0 Å². The molecule has 2 aromatic heterocycles. The predicted octanol–water partition coefficient (Wildman–Crippen LogP) is 6.47. The first-order valence-electron chi connectivity index (χ1n) is 9.52. The van der Waals surface area contributed by atoms with E-state index in [1.54, 1.807) is 7.11 Å². The Morgan fingerprint density at radius 2 is 1.70 bits per heavy atom. The molecule has 0 aliphatic heterocycles. The van der Waals surface area contributed by atoms with Gasteiger partial charge in [0.15, 0.2) is 0 Å². The van der Waals surface area contributed by atoms with Crippen molar-refractivity contribution in [2.24, 2.45) is 0 Å². The summed E-state index contributed by atoms with van der Waals surface area (Å²) in [5.41, 5.74) is 6.59. The summed E-state index contributed by atoms with van der Waals surface area (Å²) >= 11 is 3.47. The van der Waals surface area contributed by atoms with E-state index in [1.165, 1.54) is 11.3 Å². The third-order valence-corrected chi connectivity index (χ3v) is 5.82. The van der Waals surface area contributed by atoms with Crippen LogP contribution in [-0.4, -0.2) is 16.7 Å². The maximum atomic E-state index is 6.24. The summed E-state index contributed by atoms with van der Waals surface area (Å²) in [6.45, 7) is 5.44. The highest BCUT2D eigenvalue weighted by atomic mass is 79.9. The van der Waals surface area contributed by atoms with Gasteiger partial charge in [-0.3, -0.25) is 4.98 Å². The van der Waals surface area contributed by atoms with Crippen LogP contribution in [0.3, 0.4) is 0 Å². The minimum atomic E-state index is 0. The number of ether oxygens (including phenoxy) is 2. The van der Waals surface area contributed by atoms with Gasteiger partial charge in [-0.2, -0.15) is 0 Å². The lowest BCUT2D eigenvalue weighted by Gasteiger charge is -2.14. The Kier molecular flexibility index (Phi) is 7.06. The molecule has 30 heavy (non-hydrogen) atoms. The van der Waals surface area contributed by atoms with E-state index < -0.39 is 0 Å². The molecule has 0 atom stereocenters. The molecule has 4 nitrogen and oxygen atoms in total. The van der Waals surface area contributed by atoms with Gasteiger partial charge in [-0.15, -0.1) is 12.4 Å². The van der Waals surface area contributed by atoms with Crippen LogP contribution in [0.5, 0.6) is 11.5 Å². The smallest absolute Gasteiger partial charge is 0.147 e. The summed E-state index contributed by atoms with van der Waals surface area (Å²) < 4.78 is 15.1. The number of rotatable bonds is 6. The lowest BCUT2D eigenvalue weighted by molar-refractivity contribution is 0.308. The van der Waals surface area contributed by atoms with Gasteiger partial charge in [0.05, 0.1) is 19.2 Å². The molecule has 0 aliphatic rings. The lowest BCUT2D eigenvalue weighted by Crippen LogP contribution is -2.05. The molecule has 0 bridgehead atoms. The number of para-hydroxylation sites is 1. The first-order chi connectivity index (χ1) is 14.1. The summed E-state index contributed by atoms with van der Waals surface area (Å²) in [5, 5.41) is 0. The topological polar surface area (TPSA) is 36.3 Å². The molecule has 0 saturated heterocycles. The zero-order valence-electron chi connectivity index (χ0n) is 17.2. The van der Waals surface area contributed by atoms with E-state index in [9.17, 15) is 0 Å². The zero-order valence-corrected chi connectivity index (χ0v) is 19.6. The van der Waals surface area contributed by atoms with E-state index >= 15 is 0 Å². The SMILES string of the molecule is COc1ccccc1Cn1c(C)c(C)c2nccc(OCc3ccc(Br)cc3)c21.Cl. The standard InChI is InChI=1S/C24H23BrN2O2.ClH/c1-16-17(2)27(14-19-6-4-5-7-21(19)28-3)24-22(12-13-26-23(16)24)29-15-18-8-10-20(25)11-9-18;/h4-13H,14-15H2,1-3H3;1H. The van der Waals surface area contributed by atoms with Crippen molar-refractivity contribution in [3.8, 4) is 11.5 Å². The van der Waals surface area contributed by atoms with Gasteiger partial charge in [-0.1, -0.05) is 46.3 Å². The fourth-order valence-corrected chi connectivity index (χ4v) is 3.84. The van der Waals surface area contributed by atoms with Gasteiger partial charge in [-0.05, 0) is 43.2 Å². The molecule has 6 heteroatoms. The second-order valence-electron chi connectivity index (χ2n) is 7.03. The van der Waals surface area contributed by atoms with E-state index in [4.69, 9.17) is 9.47 Å². The van der Waals surface area contributed by atoms with Crippen molar-refractivity contribution >= 4 is 39.4 Å². The van der Waals surface area contributed by atoms with Crippen LogP contribution in [0.25, 0.3) is 11.0 Å². The summed E-state index contributed by atoms with van der Waals surface area (Å²) in [5.74, 6) is 1.72. The highest BCUT2D eigenvalue weighted by Gasteiger charge is 2.17. The van der Waals surface area contributed by atoms with Crippen LogP contribution in [-0.2, 0) is 13.2 Å². The second kappa shape index (κ2) is 9.54. The Hall–Kier alpha value is -2.50. The molecule has 0 unspecified atom stereocenters. The third kappa shape index (κ3) is 4.32. The number of aryl methyl sites for hydroxylation is 1. The minimum absolute atomic E-state index is 0. The molecule has 0 N–H and O–H groups in total. The average Bonchev–Trinajstić information content (AvgIpc) is 2.99. The van der Waals surface area contributed by atoms with Crippen molar-refractivity contribution in [3.63, 3.8) is 0 Å². The van der Waals surface area contributed by atoms with Crippen LogP contribution >= 0.6 is 28.3 Å². The fourth-order valence-electron chi connectivity index (χ4n) is 3.57. The zero-order chi connectivity index (χ0) is 20.4. The average molecular weight is 488 g/mol. The molecule has 4 rings (SSSR count). The van der Waals surface area contributed by atoms with Crippen molar-refractivity contribution in [2.45, 2.75) is 27.0 Å². The van der Waals surface area contributed by atoms with Gasteiger partial charge in [0.2, 0.25) is 0 Å². The number of halogens is 2. The number of pyridine rings is 1. The molecule has 156 valence electrons. The van der Waals surface area contributed by atoms with Crippen LogP contribution < -0.4 is 9.47 Å². The number of hydrogen-bond acceptors (Lipinski definition) is 3. The summed E-state index contributed by atoms with van der Waals surface area (Å²) in [6.07, 6.45) is 1.82. The van der Waals surface area contributed by atoms with Crippen LogP contribution in [0, 0.1) is 13.8 Å². The van der Waals surface area contributed by atoms with E-state index in [0.29, 0.717) is 13.2 Å². The summed E-state index contributed by atoms with van der Waals surface area (Å²) in [7, 11) is 1.71. The maximum absolute atomic E-state index is 6.24. The molecule has 0 aliphatic carbocycles. The van der Waals surface area contributed by atoms with Gasteiger partial charge >= 0.3 is 0 Å². The molecule has 2 heterocycles. The largest absolute Gasteiger partial charge is 0.496 e. The van der Waals surface area contributed by atoms with Crippen LogP contribution in [0.1, 0.15) is 22.4 Å². The van der Waals surface area contributed by atoms with Crippen LogP contribution in [0.4, 0.5) is 0 Å². The molecule has 0 saturated carbocycles. The van der Waals surface area contributed by atoms with Crippen molar-refractivity contribution in [1.82, 2.24) is 9.55 Å². The molecule has 2 aromatic carbocycles. The first-order valence-corrected chi connectivity index (χ1v) is 10.3. The monoisotopic (exact) mass is 486 g/mol. The summed E-state index contributed by atoms with van der Waals surface area (Å²) in [6, 6.07) is 18.2. The minimum Gasteiger partial charge on any atom is -0.496 e. The number of hydrogen-bond donors (Lipinski definition) is 0. The van der Waals surface area contributed by atoms with E-state index in [2.05, 4.69) is 57.5 Å².